The topological polar surface area (TPSA) is 133 Å². The highest BCUT2D eigenvalue weighted by Crippen LogP contribution is 2.30. The number of nitrogens with zero attached hydrogens (tertiary/aromatic N) is 6. The van der Waals surface area contributed by atoms with Crippen molar-refractivity contribution in [3.05, 3.63) is 84.2 Å². The van der Waals surface area contributed by atoms with Gasteiger partial charge in [0.15, 0.2) is 0 Å². The van der Waals surface area contributed by atoms with E-state index in [9.17, 15) is 9.59 Å². The summed E-state index contributed by atoms with van der Waals surface area (Å²) in [6.07, 6.45) is 5.28. The third kappa shape index (κ3) is 6.90. The summed E-state index contributed by atoms with van der Waals surface area (Å²) >= 11 is 1.55. The number of piperidine rings is 1. The van der Waals surface area contributed by atoms with Gasteiger partial charge >= 0.3 is 12.1 Å². The summed E-state index contributed by atoms with van der Waals surface area (Å²) in [6.45, 7) is 1.67. The second-order valence-electron chi connectivity index (χ2n) is 8.82. The van der Waals surface area contributed by atoms with Gasteiger partial charge in [0.1, 0.15) is 11.5 Å². The minimum absolute atomic E-state index is 0.197. The number of aromatic carboxylic acids is 1. The van der Waals surface area contributed by atoms with Crippen molar-refractivity contribution < 1.29 is 24.2 Å². The molecular weight excluding hydrogens is 520 g/mol. The summed E-state index contributed by atoms with van der Waals surface area (Å²) in [4.78, 5) is 29.5. The van der Waals surface area contributed by atoms with Gasteiger partial charge in [-0.15, -0.1) is 5.10 Å². The van der Waals surface area contributed by atoms with E-state index in [0.29, 0.717) is 36.3 Å². The first kappa shape index (κ1) is 26.2. The van der Waals surface area contributed by atoms with Crippen molar-refractivity contribution in [1.82, 2.24) is 30.1 Å². The molecule has 2 aromatic heterocycles. The molecule has 1 saturated heterocycles. The van der Waals surface area contributed by atoms with E-state index < -0.39 is 5.97 Å². The number of tetrazole rings is 1. The predicted octanol–water partition coefficient (Wildman–Crippen LogP) is 4.13. The molecule has 11 nitrogen and oxygen atoms in total. The quantitative estimate of drug-likeness (QED) is 0.327. The Kier molecular flexibility index (Phi) is 8.32. The zero-order chi connectivity index (χ0) is 27.0. The van der Waals surface area contributed by atoms with Crippen LogP contribution in [0.4, 0.5) is 4.79 Å². The molecule has 1 N–H and O–H groups in total. The maximum atomic E-state index is 12.7. The molecule has 0 saturated carbocycles. The lowest BCUT2D eigenvalue weighted by Gasteiger charge is -2.30. The number of pyridine rings is 1. The number of amides is 1. The molecule has 0 spiro atoms. The van der Waals surface area contributed by atoms with Crippen LogP contribution in [-0.2, 0) is 6.42 Å². The molecule has 1 aliphatic rings. The van der Waals surface area contributed by atoms with Gasteiger partial charge in [-0.3, -0.25) is 4.98 Å². The van der Waals surface area contributed by atoms with Crippen molar-refractivity contribution in [3.8, 4) is 17.2 Å². The third-order valence-corrected chi connectivity index (χ3v) is 7.48. The number of carboxylic acids is 1. The van der Waals surface area contributed by atoms with Gasteiger partial charge in [-0.05, 0) is 77.4 Å². The van der Waals surface area contributed by atoms with E-state index in [-0.39, 0.29) is 16.9 Å². The number of carboxylic acid groups (broad SMARTS) is 1. The molecule has 12 heteroatoms. The minimum Gasteiger partial charge on any atom is -0.493 e. The molecule has 0 atom stereocenters. The lowest BCUT2D eigenvalue weighted by atomic mass is 10.1. The summed E-state index contributed by atoms with van der Waals surface area (Å²) in [6, 6.07) is 17.5. The normalized spacial score (nSPS) is 13.7. The highest BCUT2D eigenvalue weighted by molar-refractivity contribution is 7.99. The number of thioether (sulfide) groups is 1. The minimum atomic E-state index is -0.988. The van der Waals surface area contributed by atoms with Gasteiger partial charge in [0.25, 0.3) is 0 Å². The van der Waals surface area contributed by atoms with Gasteiger partial charge in [-0.2, -0.15) is 4.68 Å². The number of hydrogen-bond acceptors (Lipinski definition) is 9. The van der Waals surface area contributed by atoms with Crippen molar-refractivity contribution in [3.63, 3.8) is 0 Å². The van der Waals surface area contributed by atoms with Crippen molar-refractivity contribution in [2.75, 3.05) is 19.7 Å². The van der Waals surface area contributed by atoms with E-state index in [1.165, 1.54) is 12.1 Å². The lowest BCUT2D eigenvalue weighted by Crippen LogP contribution is -2.41. The summed E-state index contributed by atoms with van der Waals surface area (Å²) < 4.78 is 12.9. The van der Waals surface area contributed by atoms with Crippen LogP contribution in [0.1, 0.15) is 28.8 Å². The Morgan fingerprint density at radius 2 is 1.67 bits per heavy atom. The van der Waals surface area contributed by atoms with Crippen LogP contribution in [0.25, 0.3) is 5.69 Å². The predicted molar refractivity (Wildman–Crippen MR) is 142 cm³/mol. The van der Waals surface area contributed by atoms with E-state index in [1.54, 1.807) is 58.0 Å². The Balaban J connectivity index is 1.07. The maximum absolute atomic E-state index is 12.7. The van der Waals surface area contributed by atoms with Gasteiger partial charge in [0, 0.05) is 37.2 Å². The number of ether oxygens (including phenoxy) is 2. The average Bonchev–Trinajstić information content (AvgIpc) is 3.43. The van der Waals surface area contributed by atoms with Crippen LogP contribution < -0.4 is 9.47 Å². The van der Waals surface area contributed by atoms with Crippen molar-refractivity contribution in [2.45, 2.75) is 29.7 Å². The number of benzene rings is 2. The van der Waals surface area contributed by atoms with Crippen molar-refractivity contribution in [1.29, 1.82) is 0 Å². The first-order valence-electron chi connectivity index (χ1n) is 12.4. The Bertz CT molecular complexity index is 1390. The Morgan fingerprint density at radius 1 is 0.949 bits per heavy atom. The molecular formula is C27H26N6O5S. The van der Waals surface area contributed by atoms with Crippen molar-refractivity contribution >= 4 is 23.8 Å². The van der Waals surface area contributed by atoms with Crippen LogP contribution in [-0.4, -0.2) is 72.2 Å². The number of hydrogen-bond donors (Lipinski definition) is 1. The van der Waals surface area contributed by atoms with E-state index in [4.69, 9.17) is 14.6 Å². The Hall–Kier alpha value is -4.45. The third-order valence-electron chi connectivity index (χ3n) is 6.21. The molecule has 1 aliphatic heterocycles. The fourth-order valence-electron chi connectivity index (χ4n) is 4.08. The second kappa shape index (κ2) is 12.4. The maximum Gasteiger partial charge on any atom is 0.415 e. The monoisotopic (exact) mass is 546 g/mol. The van der Waals surface area contributed by atoms with E-state index in [0.717, 1.165) is 30.6 Å². The van der Waals surface area contributed by atoms with Crippen LogP contribution in [0, 0.1) is 0 Å². The van der Waals surface area contributed by atoms with Gasteiger partial charge in [0.05, 0.1) is 17.9 Å². The first-order valence-corrected chi connectivity index (χ1v) is 13.3. The van der Waals surface area contributed by atoms with Gasteiger partial charge in [0.2, 0.25) is 5.16 Å². The SMILES string of the molecule is O=C(O)c1ccc(-n2nnnc2SC2CCN(C(=O)Oc3ccc(CCOc4ccncc4)cc3)CC2)cc1. The molecule has 1 amide bonds. The zero-order valence-corrected chi connectivity index (χ0v) is 21.7. The number of carbonyl (C=O) groups excluding carboxylic acids is 1. The number of carbonyl (C=O) groups is 2. The molecule has 0 unspecified atom stereocenters. The fourth-order valence-corrected chi connectivity index (χ4v) is 5.15. The number of aromatic nitrogens is 5. The van der Waals surface area contributed by atoms with Crippen LogP contribution >= 0.6 is 11.8 Å². The van der Waals surface area contributed by atoms with Crippen LogP contribution in [0.2, 0.25) is 0 Å². The van der Waals surface area contributed by atoms with E-state index in [1.807, 2.05) is 24.3 Å². The number of rotatable bonds is 9. The van der Waals surface area contributed by atoms with Crippen molar-refractivity contribution in [2.24, 2.45) is 0 Å². The molecule has 4 aromatic rings. The van der Waals surface area contributed by atoms with Crippen LogP contribution in [0.5, 0.6) is 11.5 Å². The summed E-state index contributed by atoms with van der Waals surface area (Å²) in [5, 5.41) is 21.9. The molecule has 3 heterocycles. The molecule has 200 valence electrons. The highest BCUT2D eigenvalue weighted by Gasteiger charge is 2.26. The number of likely N-dealkylation sites (tertiary alicyclic amines) is 1. The summed E-state index contributed by atoms with van der Waals surface area (Å²) in [7, 11) is 0. The smallest absolute Gasteiger partial charge is 0.415 e. The fraction of sp³-hybridized carbons (Fsp3) is 0.259. The molecule has 0 bridgehead atoms. The van der Waals surface area contributed by atoms with Gasteiger partial charge in [-0.25, -0.2) is 9.59 Å². The Morgan fingerprint density at radius 3 is 2.36 bits per heavy atom. The molecule has 0 radical (unpaired) electrons. The molecule has 1 fully saturated rings. The largest absolute Gasteiger partial charge is 0.493 e. The van der Waals surface area contributed by atoms with Crippen LogP contribution in [0.3, 0.4) is 0 Å². The van der Waals surface area contributed by atoms with Crippen LogP contribution in [0.15, 0.2) is 78.2 Å². The summed E-state index contributed by atoms with van der Waals surface area (Å²) in [5.41, 5.74) is 1.96. The molecule has 39 heavy (non-hydrogen) atoms. The first-order chi connectivity index (χ1) is 19.0. The molecule has 0 aliphatic carbocycles. The Labute approximate surface area is 228 Å². The summed E-state index contributed by atoms with van der Waals surface area (Å²) in [5.74, 6) is 0.296. The highest BCUT2D eigenvalue weighted by atomic mass is 32.2. The lowest BCUT2D eigenvalue weighted by molar-refractivity contribution is 0.0696. The van der Waals surface area contributed by atoms with Gasteiger partial charge < -0.3 is 19.5 Å². The zero-order valence-electron chi connectivity index (χ0n) is 20.9. The molecule has 2 aromatic carbocycles. The van der Waals surface area contributed by atoms with Gasteiger partial charge in [-0.1, -0.05) is 23.9 Å². The standard InChI is InChI=1S/C27H26N6O5S/c34-25(35)20-3-5-21(6-4-20)33-26(29-30-31-33)39-24-11-16-32(17-12-24)27(36)38-23-7-1-19(2-8-23)13-18-37-22-9-14-28-15-10-22/h1-10,14-15,24H,11-13,16-18H2,(H,34,35). The molecule has 5 rings (SSSR count). The van der Waals surface area contributed by atoms with E-state index >= 15 is 0 Å². The average molecular weight is 547 g/mol. The second-order valence-corrected chi connectivity index (χ2v) is 10.1. The van der Waals surface area contributed by atoms with E-state index in [2.05, 4.69) is 20.5 Å².